The monoisotopic (exact) mass is 262 g/mol. The Balaban J connectivity index is 1.89. The van der Waals surface area contributed by atoms with Gasteiger partial charge in [-0.05, 0) is 43.5 Å². The summed E-state index contributed by atoms with van der Waals surface area (Å²) < 4.78 is 0. The minimum absolute atomic E-state index is 0.360. The van der Waals surface area contributed by atoms with Gasteiger partial charge in [0, 0.05) is 31.0 Å². The molecule has 1 aromatic rings. The molecular formula is C14H22N4O. The molecule has 1 heterocycles. The van der Waals surface area contributed by atoms with Gasteiger partial charge in [0.1, 0.15) is 6.04 Å². The van der Waals surface area contributed by atoms with Gasteiger partial charge in [0.05, 0.1) is 0 Å². The van der Waals surface area contributed by atoms with Crippen molar-refractivity contribution >= 4 is 17.3 Å². The Morgan fingerprint density at radius 3 is 2.42 bits per heavy atom. The van der Waals surface area contributed by atoms with E-state index in [0.717, 1.165) is 18.8 Å². The van der Waals surface area contributed by atoms with Gasteiger partial charge in [-0.1, -0.05) is 0 Å². The van der Waals surface area contributed by atoms with E-state index < -0.39 is 11.9 Å². The normalized spacial score (nSPS) is 17.0. The maximum Gasteiger partial charge on any atom is 0.236 e. The molecule has 1 atom stereocenters. The highest BCUT2D eigenvalue weighted by Crippen LogP contribution is 2.21. The van der Waals surface area contributed by atoms with Crippen molar-refractivity contribution in [2.24, 2.45) is 11.5 Å². The summed E-state index contributed by atoms with van der Waals surface area (Å²) in [6.07, 6.45) is 3.88. The van der Waals surface area contributed by atoms with Crippen LogP contribution in [-0.2, 0) is 4.79 Å². The number of benzene rings is 1. The third-order valence-corrected chi connectivity index (χ3v) is 3.48. The number of rotatable bonds is 5. The van der Waals surface area contributed by atoms with Gasteiger partial charge in [0.25, 0.3) is 0 Å². The molecule has 1 fully saturated rings. The molecule has 0 aromatic heterocycles. The zero-order valence-electron chi connectivity index (χ0n) is 11.1. The summed E-state index contributed by atoms with van der Waals surface area (Å²) in [5.74, 6) is -0.488. The third-order valence-electron chi connectivity index (χ3n) is 3.48. The summed E-state index contributed by atoms with van der Waals surface area (Å²) >= 11 is 0. The van der Waals surface area contributed by atoms with Gasteiger partial charge in [0.2, 0.25) is 5.91 Å². The van der Waals surface area contributed by atoms with Crippen LogP contribution in [0.3, 0.4) is 0 Å². The summed E-state index contributed by atoms with van der Waals surface area (Å²) in [6, 6.07) is 7.57. The lowest BCUT2D eigenvalue weighted by atomic mass is 10.1. The van der Waals surface area contributed by atoms with Crippen LogP contribution in [-0.4, -0.2) is 31.6 Å². The van der Waals surface area contributed by atoms with Gasteiger partial charge in [-0.2, -0.15) is 0 Å². The maximum absolute atomic E-state index is 10.8. The quantitative estimate of drug-likeness (QED) is 0.736. The van der Waals surface area contributed by atoms with E-state index in [4.69, 9.17) is 11.5 Å². The number of amides is 1. The number of anilines is 2. The first-order chi connectivity index (χ1) is 9.16. The van der Waals surface area contributed by atoms with E-state index in [9.17, 15) is 4.79 Å². The summed E-state index contributed by atoms with van der Waals surface area (Å²) in [5, 5.41) is 3.11. The van der Waals surface area contributed by atoms with Gasteiger partial charge < -0.3 is 21.7 Å². The largest absolute Gasteiger partial charge is 0.383 e. The van der Waals surface area contributed by atoms with E-state index in [2.05, 4.69) is 22.3 Å². The zero-order valence-corrected chi connectivity index (χ0v) is 11.1. The Kier molecular flexibility index (Phi) is 4.63. The number of piperidine rings is 1. The molecule has 2 rings (SSSR count). The van der Waals surface area contributed by atoms with Crippen molar-refractivity contribution in [3.63, 3.8) is 0 Å². The van der Waals surface area contributed by atoms with E-state index >= 15 is 0 Å². The average molecular weight is 262 g/mol. The lowest BCUT2D eigenvalue weighted by Crippen LogP contribution is -2.41. The van der Waals surface area contributed by atoms with Crippen molar-refractivity contribution in [1.82, 2.24) is 0 Å². The molecule has 1 aliphatic heterocycles. The molecule has 0 spiro atoms. The van der Waals surface area contributed by atoms with Crippen molar-refractivity contribution < 1.29 is 4.79 Å². The van der Waals surface area contributed by atoms with Gasteiger partial charge >= 0.3 is 0 Å². The number of hydrogen-bond donors (Lipinski definition) is 3. The number of carbonyl (C=O) groups excluding carboxylic acids is 1. The molecule has 1 aliphatic rings. The molecule has 1 unspecified atom stereocenters. The number of nitrogens with two attached hydrogens (primary N) is 2. The SMILES string of the molecule is NC(=O)C(N)CNc1ccc(N2CCCCC2)cc1. The highest BCUT2D eigenvalue weighted by atomic mass is 16.1. The maximum atomic E-state index is 10.8. The second-order valence-electron chi connectivity index (χ2n) is 4.98. The van der Waals surface area contributed by atoms with Crippen molar-refractivity contribution in [1.29, 1.82) is 0 Å². The number of nitrogens with one attached hydrogen (secondary N) is 1. The lowest BCUT2D eigenvalue weighted by molar-refractivity contribution is -0.118. The van der Waals surface area contributed by atoms with E-state index in [1.165, 1.54) is 24.9 Å². The predicted molar refractivity (Wildman–Crippen MR) is 78.2 cm³/mol. The molecule has 1 aromatic carbocycles. The summed E-state index contributed by atoms with van der Waals surface area (Å²) in [5.41, 5.74) is 12.9. The van der Waals surface area contributed by atoms with Gasteiger partial charge in [0.15, 0.2) is 0 Å². The topological polar surface area (TPSA) is 84.4 Å². The number of carbonyl (C=O) groups is 1. The van der Waals surface area contributed by atoms with E-state index in [-0.39, 0.29) is 0 Å². The summed E-state index contributed by atoms with van der Waals surface area (Å²) in [7, 11) is 0. The van der Waals surface area contributed by atoms with E-state index in [1.807, 2.05) is 12.1 Å². The van der Waals surface area contributed by atoms with Crippen LogP contribution in [0.1, 0.15) is 19.3 Å². The summed E-state index contributed by atoms with van der Waals surface area (Å²) in [4.78, 5) is 13.2. The van der Waals surface area contributed by atoms with Crippen LogP contribution >= 0.6 is 0 Å². The van der Waals surface area contributed by atoms with E-state index in [0.29, 0.717) is 6.54 Å². The fourth-order valence-corrected chi connectivity index (χ4v) is 2.27. The average Bonchev–Trinajstić information content (AvgIpc) is 2.46. The number of hydrogen-bond acceptors (Lipinski definition) is 4. The van der Waals surface area contributed by atoms with Gasteiger partial charge in [-0.25, -0.2) is 0 Å². The van der Waals surface area contributed by atoms with Crippen LogP contribution in [0.4, 0.5) is 11.4 Å². The van der Waals surface area contributed by atoms with Crippen molar-refractivity contribution in [3.8, 4) is 0 Å². The molecule has 0 bridgehead atoms. The Morgan fingerprint density at radius 1 is 1.21 bits per heavy atom. The first-order valence-electron chi connectivity index (χ1n) is 6.80. The van der Waals surface area contributed by atoms with Crippen LogP contribution in [0.25, 0.3) is 0 Å². The van der Waals surface area contributed by atoms with E-state index in [1.54, 1.807) is 0 Å². The smallest absolute Gasteiger partial charge is 0.236 e. The van der Waals surface area contributed by atoms with Crippen LogP contribution in [0, 0.1) is 0 Å². The molecular weight excluding hydrogens is 240 g/mol. The molecule has 5 heteroatoms. The minimum atomic E-state index is -0.651. The minimum Gasteiger partial charge on any atom is -0.383 e. The second kappa shape index (κ2) is 6.43. The Hall–Kier alpha value is -1.75. The summed E-state index contributed by atoms with van der Waals surface area (Å²) in [6.45, 7) is 2.64. The van der Waals surface area contributed by atoms with Crippen LogP contribution in [0.15, 0.2) is 24.3 Å². The molecule has 0 saturated carbocycles. The second-order valence-corrected chi connectivity index (χ2v) is 4.98. The molecule has 104 valence electrons. The number of primary amides is 1. The fourth-order valence-electron chi connectivity index (χ4n) is 2.27. The first kappa shape index (κ1) is 13.7. The Bertz CT molecular complexity index is 412. The van der Waals surface area contributed by atoms with Crippen LogP contribution in [0.5, 0.6) is 0 Å². The van der Waals surface area contributed by atoms with Crippen LogP contribution in [0.2, 0.25) is 0 Å². The Labute approximate surface area is 113 Å². The standard InChI is InChI=1S/C14H22N4O/c15-13(14(16)19)10-17-11-4-6-12(7-5-11)18-8-2-1-3-9-18/h4-7,13,17H,1-3,8-10,15H2,(H2,16,19). The highest BCUT2D eigenvalue weighted by Gasteiger charge is 2.11. The predicted octanol–water partition coefficient (Wildman–Crippen LogP) is 0.901. The molecule has 0 radical (unpaired) electrons. The number of nitrogens with zero attached hydrogens (tertiary/aromatic N) is 1. The molecule has 5 N–H and O–H groups in total. The molecule has 19 heavy (non-hydrogen) atoms. The Morgan fingerprint density at radius 2 is 1.84 bits per heavy atom. The van der Waals surface area contributed by atoms with Gasteiger partial charge in [-0.3, -0.25) is 4.79 Å². The zero-order chi connectivity index (χ0) is 13.7. The molecule has 1 saturated heterocycles. The third kappa shape index (κ3) is 3.86. The van der Waals surface area contributed by atoms with Crippen molar-refractivity contribution in [3.05, 3.63) is 24.3 Å². The van der Waals surface area contributed by atoms with Gasteiger partial charge in [-0.15, -0.1) is 0 Å². The molecule has 5 nitrogen and oxygen atoms in total. The first-order valence-corrected chi connectivity index (χ1v) is 6.80. The van der Waals surface area contributed by atoms with Crippen LogP contribution < -0.4 is 21.7 Å². The highest BCUT2D eigenvalue weighted by molar-refractivity contribution is 5.80. The lowest BCUT2D eigenvalue weighted by Gasteiger charge is -2.28. The van der Waals surface area contributed by atoms with Crippen molar-refractivity contribution in [2.45, 2.75) is 25.3 Å². The van der Waals surface area contributed by atoms with Crippen molar-refractivity contribution in [2.75, 3.05) is 29.9 Å². The molecule has 1 amide bonds. The fraction of sp³-hybridized carbons (Fsp3) is 0.500. The molecule has 0 aliphatic carbocycles.